The van der Waals surface area contributed by atoms with Crippen LogP contribution in [0.15, 0.2) is 83.0 Å². The summed E-state index contributed by atoms with van der Waals surface area (Å²) in [4.78, 5) is 27.4. The Hall–Kier alpha value is -4.71. The molecule has 0 spiro atoms. The number of carbonyl (C=O) groups is 1. The monoisotopic (exact) mass is 953 g/mol. The van der Waals surface area contributed by atoms with Crippen LogP contribution in [0, 0.1) is 44.6 Å². The molecule has 0 amide bonds. The largest absolute Gasteiger partial charge is 0.512 e. The quantitative estimate of drug-likeness (QED) is 0.0636. The van der Waals surface area contributed by atoms with Gasteiger partial charge >= 0.3 is 0 Å². The van der Waals surface area contributed by atoms with Crippen molar-refractivity contribution >= 4 is 49.5 Å². The van der Waals surface area contributed by atoms with Crippen LogP contribution in [-0.2, 0) is 24.9 Å². The molecule has 58 heavy (non-hydrogen) atoms. The first kappa shape index (κ1) is 44.4. The van der Waals surface area contributed by atoms with Crippen molar-refractivity contribution in [2.45, 2.75) is 115 Å². The third kappa shape index (κ3) is 8.26. The molecule has 0 saturated carbocycles. The Balaban J connectivity index is 0.000000304. The zero-order valence-electron chi connectivity index (χ0n) is 36.3. The van der Waals surface area contributed by atoms with Gasteiger partial charge in [0, 0.05) is 65.0 Å². The van der Waals surface area contributed by atoms with Crippen molar-refractivity contribution in [3.05, 3.63) is 113 Å². The molecule has 7 rings (SSSR count). The number of furan rings is 1. The maximum absolute atomic E-state index is 12.2. The van der Waals surface area contributed by atoms with Crippen LogP contribution in [0.4, 0.5) is 0 Å². The van der Waals surface area contributed by atoms with Gasteiger partial charge in [-0.15, -0.1) is 18.2 Å². The van der Waals surface area contributed by atoms with Crippen LogP contribution in [0.5, 0.6) is 0 Å². The number of benzene rings is 4. The van der Waals surface area contributed by atoms with Gasteiger partial charge in [0.25, 0.3) is 0 Å². The first-order valence-corrected chi connectivity index (χ1v) is 20.6. The number of rotatable bonds is 10. The number of aliphatic hydroxyl groups excluding tert-OH is 1. The first-order chi connectivity index (χ1) is 27.1. The number of pyridine rings is 1. The number of aliphatic hydroxyl groups is 1. The van der Waals surface area contributed by atoms with Gasteiger partial charge in [-0.1, -0.05) is 114 Å². The molecule has 0 aliphatic rings. The summed E-state index contributed by atoms with van der Waals surface area (Å²) >= 11 is 0. The van der Waals surface area contributed by atoms with Crippen molar-refractivity contribution in [1.82, 2.24) is 15.0 Å². The number of nitrogens with zero attached hydrogens (tertiary/aromatic N) is 3. The zero-order chi connectivity index (χ0) is 41.4. The van der Waals surface area contributed by atoms with E-state index in [1.165, 1.54) is 39.1 Å². The number of ketones is 1. The molecule has 7 aromatic rings. The number of allylic oxidation sites excluding steroid dienone is 2. The predicted molar refractivity (Wildman–Crippen MR) is 238 cm³/mol. The Bertz CT molecular complexity index is 2640. The molecule has 0 aliphatic heterocycles. The average molecular weight is 953 g/mol. The molecule has 1 N–H and O–H groups in total. The van der Waals surface area contributed by atoms with Crippen LogP contribution in [0.3, 0.4) is 0 Å². The van der Waals surface area contributed by atoms with Crippen molar-refractivity contribution in [3.63, 3.8) is 0 Å². The van der Waals surface area contributed by atoms with Crippen LogP contribution in [0.1, 0.15) is 115 Å². The zero-order valence-corrected chi connectivity index (χ0v) is 38.7. The summed E-state index contributed by atoms with van der Waals surface area (Å²) in [6, 6.07) is 26.8. The van der Waals surface area contributed by atoms with E-state index >= 15 is 0 Å². The molecule has 0 fully saturated rings. The van der Waals surface area contributed by atoms with Crippen LogP contribution in [0.2, 0.25) is 0 Å². The standard InChI is InChI=1S/C36H30N3O.C15H28O2.Ir/c1-19(2)35-38-32(27-14-13-24-18-20(3)17-23(6)31(24)33(27)39-35)28-12-8-11-25-26-15-16-29(37-36(26)40-34(25)28)30-21(4)9-7-10-22(30)5;1-7-14(5,8-2)12(16)11-13(17)15(6,9-3)10-4;/h7-11,13-19H,1-6H3;11,16H,7-10H2,1-6H3;/q-1;;/b;12-11-;. The number of aromatic nitrogens is 3. The Morgan fingerprint density at radius 1 is 0.793 bits per heavy atom. The van der Waals surface area contributed by atoms with E-state index in [0.717, 1.165) is 81.3 Å². The molecule has 0 unspecified atom stereocenters. The molecular weight excluding hydrogens is 895 g/mol. The summed E-state index contributed by atoms with van der Waals surface area (Å²) in [6.45, 7) is 24.9. The van der Waals surface area contributed by atoms with Crippen molar-refractivity contribution in [1.29, 1.82) is 0 Å². The molecular formula is C51H58IrN3O3-. The predicted octanol–water partition coefficient (Wildman–Crippen LogP) is 14.2. The van der Waals surface area contributed by atoms with Crippen LogP contribution in [-0.4, -0.2) is 25.8 Å². The van der Waals surface area contributed by atoms with Crippen molar-refractivity contribution in [3.8, 4) is 22.5 Å². The molecule has 0 aliphatic carbocycles. The molecule has 0 atom stereocenters. The minimum Gasteiger partial charge on any atom is -0.512 e. The fraction of sp³-hybridized carbons (Fsp3) is 0.373. The van der Waals surface area contributed by atoms with E-state index in [-0.39, 0.29) is 48.4 Å². The number of carbonyl (C=O) groups excluding carboxylic acids is 1. The number of hydrogen-bond donors (Lipinski definition) is 1. The second-order valence-corrected chi connectivity index (χ2v) is 16.7. The van der Waals surface area contributed by atoms with Crippen LogP contribution < -0.4 is 0 Å². The molecule has 305 valence electrons. The van der Waals surface area contributed by atoms with Gasteiger partial charge in [0.05, 0.1) is 16.8 Å². The van der Waals surface area contributed by atoms with E-state index in [1.807, 2.05) is 47.6 Å². The van der Waals surface area contributed by atoms with Gasteiger partial charge in [-0.3, -0.25) is 9.78 Å². The number of fused-ring (bicyclic) bond motifs is 6. The summed E-state index contributed by atoms with van der Waals surface area (Å²) < 4.78 is 6.55. The van der Waals surface area contributed by atoms with E-state index in [1.54, 1.807) is 0 Å². The molecule has 6 nitrogen and oxygen atoms in total. The molecule has 4 aromatic carbocycles. The molecule has 7 heteroatoms. The van der Waals surface area contributed by atoms with Gasteiger partial charge in [-0.2, -0.15) is 0 Å². The molecule has 0 saturated heterocycles. The minimum absolute atomic E-state index is 0. The summed E-state index contributed by atoms with van der Waals surface area (Å²) in [7, 11) is 0. The van der Waals surface area contributed by atoms with Gasteiger partial charge < -0.3 is 9.52 Å². The first-order valence-electron chi connectivity index (χ1n) is 20.6. The smallest absolute Gasteiger partial charge is 0.216 e. The summed E-state index contributed by atoms with van der Waals surface area (Å²) in [6.07, 6.45) is 4.75. The van der Waals surface area contributed by atoms with Crippen LogP contribution in [0.25, 0.3) is 66.3 Å². The Morgan fingerprint density at radius 2 is 1.43 bits per heavy atom. The van der Waals surface area contributed by atoms with E-state index in [2.05, 4.69) is 108 Å². The normalized spacial score (nSPS) is 12.3. The van der Waals surface area contributed by atoms with Crippen molar-refractivity contribution < 1.29 is 34.4 Å². The van der Waals surface area contributed by atoms with Crippen molar-refractivity contribution in [2.75, 3.05) is 0 Å². The average Bonchev–Trinajstić information content (AvgIpc) is 3.57. The van der Waals surface area contributed by atoms with E-state index < -0.39 is 0 Å². The molecule has 3 heterocycles. The van der Waals surface area contributed by atoms with Crippen LogP contribution >= 0.6 is 0 Å². The summed E-state index contributed by atoms with van der Waals surface area (Å²) in [5.41, 5.74) is 10.3. The Kier molecular flexibility index (Phi) is 13.5. The fourth-order valence-corrected chi connectivity index (χ4v) is 7.75. The topological polar surface area (TPSA) is 89.1 Å². The molecule has 1 radical (unpaired) electrons. The van der Waals surface area contributed by atoms with Gasteiger partial charge in [0.15, 0.2) is 5.78 Å². The third-order valence-electron chi connectivity index (χ3n) is 12.5. The fourth-order valence-electron chi connectivity index (χ4n) is 7.75. The summed E-state index contributed by atoms with van der Waals surface area (Å²) in [5.74, 6) is 1.27. The number of hydrogen-bond acceptors (Lipinski definition) is 6. The van der Waals surface area contributed by atoms with E-state index in [4.69, 9.17) is 19.4 Å². The Labute approximate surface area is 358 Å². The minimum atomic E-state index is -0.337. The number of aryl methyl sites for hydroxylation is 4. The SMILES string of the molecule is CCC(C)(CC)C(=O)/C=C(\O)C(C)(CC)CC.Cc1cc(C)c2c(ccc3c(-c4[c-]ccc5c4oc4nc(-c6c(C)cccc6C)ccc45)nc(C(C)C)nc32)c1.[Ir]. The van der Waals surface area contributed by atoms with Gasteiger partial charge in [0.1, 0.15) is 11.6 Å². The van der Waals surface area contributed by atoms with Gasteiger partial charge in [-0.05, 0) is 93.0 Å². The maximum Gasteiger partial charge on any atom is 0.216 e. The maximum atomic E-state index is 12.2. The van der Waals surface area contributed by atoms with Crippen molar-refractivity contribution in [2.24, 2.45) is 10.8 Å². The summed E-state index contributed by atoms with van der Waals surface area (Å²) in [5, 5.41) is 15.5. The second kappa shape index (κ2) is 17.6. The van der Waals surface area contributed by atoms with E-state index in [0.29, 0.717) is 5.71 Å². The Morgan fingerprint density at radius 3 is 2.05 bits per heavy atom. The third-order valence-corrected chi connectivity index (χ3v) is 12.5. The van der Waals surface area contributed by atoms with E-state index in [9.17, 15) is 9.90 Å². The second-order valence-electron chi connectivity index (χ2n) is 16.7. The van der Waals surface area contributed by atoms with Gasteiger partial charge in [0.2, 0.25) is 5.71 Å². The molecule has 3 aromatic heterocycles. The van der Waals surface area contributed by atoms with Gasteiger partial charge in [-0.25, -0.2) is 9.97 Å². The molecule has 0 bridgehead atoms.